The highest BCUT2D eigenvalue weighted by Gasteiger charge is 2.31. The molecule has 0 aliphatic carbocycles. The highest BCUT2D eigenvalue weighted by atomic mass is 35.5. The van der Waals surface area contributed by atoms with E-state index >= 15 is 0 Å². The zero-order valence-electron chi connectivity index (χ0n) is 19.1. The molecule has 0 radical (unpaired) electrons. The molecule has 3 rings (SSSR count). The summed E-state index contributed by atoms with van der Waals surface area (Å²) in [6, 6.07) is 8.10. The Morgan fingerprint density at radius 2 is 2.16 bits per heavy atom. The van der Waals surface area contributed by atoms with Crippen LogP contribution in [-0.2, 0) is 22.6 Å². The molecule has 8 heteroatoms. The van der Waals surface area contributed by atoms with Crippen molar-refractivity contribution in [2.45, 2.75) is 59.2 Å². The van der Waals surface area contributed by atoms with Crippen LogP contribution < -0.4 is 0 Å². The van der Waals surface area contributed by atoms with Gasteiger partial charge >= 0.3 is 5.97 Å². The van der Waals surface area contributed by atoms with E-state index in [1.54, 1.807) is 11.8 Å². The Kier molecular flexibility index (Phi) is 8.70. The number of benzene rings is 1. The number of esters is 1. The highest BCUT2D eigenvalue weighted by molar-refractivity contribution is 6.30. The zero-order valence-corrected chi connectivity index (χ0v) is 19.8. The SMILES string of the molecule is CCOC(=O)C1CCCN(C(=O)c2coc(CN(Cc3cccc(Cl)c3)C(C)CC)n2)C1. The number of aromatic nitrogens is 1. The molecule has 0 bridgehead atoms. The maximum atomic E-state index is 13.0. The number of amides is 1. The molecule has 7 nitrogen and oxygen atoms in total. The third-order valence-electron chi connectivity index (χ3n) is 5.93. The van der Waals surface area contributed by atoms with Gasteiger partial charge < -0.3 is 14.1 Å². The molecule has 0 spiro atoms. The molecule has 1 saturated heterocycles. The number of carbonyl (C=O) groups is 2. The fourth-order valence-electron chi connectivity index (χ4n) is 3.93. The summed E-state index contributed by atoms with van der Waals surface area (Å²) in [5.41, 5.74) is 1.38. The maximum Gasteiger partial charge on any atom is 0.310 e. The minimum absolute atomic E-state index is 0.209. The van der Waals surface area contributed by atoms with E-state index in [4.69, 9.17) is 20.8 Å². The maximum absolute atomic E-state index is 13.0. The third-order valence-corrected chi connectivity index (χ3v) is 6.16. The number of halogens is 1. The predicted molar refractivity (Wildman–Crippen MR) is 122 cm³/mol. The first kappa shape index (κ1) is 24.3. The van der Waals surface area contributed by atoms with Gasteiger partial charge in [-0.1, -0.05) is 30.7 Å². The van der Waals surface area contributed by atoms with Crippen molar-refractivity contribution in [1.29, 1.82) is 0 Å². The zero-order chi connectivity index (χ0) is 23.1. The molecule has 2 atom stereocenters. The molecule has 174 valence electrons. The van der Waals surface area contributed by atoms with Gasteiger partial charge in [-0.2, -0.15) is 0 Å². The van der Waals surface area contributed by atoms with Crippen LogP contribution >= 0.6 is 11.6 Å². The summed E-state index contributed by atoms with van der Waals surface area (Å²) in [6.45, 7) is 8.57. The normalized spacial score (nSPS) is 17.4. The topological polar surface area (TPSA) is 75.9 Å². The lowest BCUT2D eigenvalue weighted by molar-refractivity contribution is -0.149. The average molecular weight is 462 g/mol. The lowest BCUT2D eigenvalue weighted by Crippen LogP contribution is -2.43. The van der Waals surface area contributed by atoms with Gasteiger partial charge in [-0.05, 0) is 50.8 Å². The second-order valence-electron chi connectivity index (χ2n) is 8.26. The minimum atomic E-state index is -0.280. The molecule has 1 amide bonds. The van der Waals surface area contributed by atoms with Crippen molar-refractivity contribution >= 4 is 23.5 Å². The van der Waals surface area contributed by atoms with E-state index in [0.717, 1.165) is 24.8 Å². The van der Waals surface area contributed by atoms with Crippen LogP contribution in [0.5, 0.6) is 0 Å². The Morgan fingerprint density at radius 1 is 1.34 bits per heavy atom. The van der Waals surface area contributed by atoms with Crippen LogP contribution in [0.15, 0.2) is 34.9 Å². The standard InChI is InChI=1S/C24H32ClN3O4/c1-4-17(3)28(13-18-8-6-10-20(25)12-18)15-22-26-21(16-32-22)23(29)27-11-7-9-19(14-27)24(30)31-5-2/h6,8,10,12,16-17,19H,4-5,7,9,11,13-15H2,1-3H3. The van der Waals surface area contributed by atoms with E-state index in [1.807, 2.05) is 24.3 Å². The number of ether oxygens (including phenoxy) is 1. The van der Waals surface area contributed by atoms with Gasteiger partial charge in [-0.3, -0.25) is 14.5 Å². The van der Waals surface area contributed by atoms with E-state index < -0.39 is 0 Å². The van der Waals surface area contributed by atoms with Crippen molar-refractivity contribution in [1.82, 2.24) is 14.8 Å². The Hall–Kier alpha value is -2.38. The number of nitrogens with zero attached hydrogens (tertiary/aromatic N) is 3. The number of likely N-dealkylation sites (tertiary alicyclic amines) is 1. The van der Waals surface area contributed by atoms with Crippen LogP contribution in [0.1, 0.15) is 62.0 Å². The Labute approximate surface area is 194 Å². The molecule has 2 aromatic rings. The monoisotopic (exact) mass is 461 g/mol. The molecular formula is C24H32ClN3O4. The predicted octanol–water partition coefficient (Wildman–Crippen LogP) is 4.54. The molecule has 2 unspecified atom stereocenters. The smallest absolute Gasteiger partial charge is 0.310 e. The van der Waals surface area contributed by atoms with Gasteiger partial charge in [0.25, 0.3) is 5.91 Å². The summed E-state index contributed by atoms with van der Waals surface area (Å²) in [5.74, 6) is -0.234. The van der Waals surface area contributed by atoms with Gasteiger partial charge in [0.2, 0.25) is 5.89 Å². The minimum Gasteiger partial charge on any atom is -0.466 e. The summed E-state index contributed by atoms with van der Waals surface area (Å²) in [7, 11) is 0. The number of oxazole rings is 1. The summed E-state index contributed by atoms with van der Waals surface area (Å²) >= 11 is 6.14. The molecule has 1 aliphatic heterocycles. The van der Waals surface area contributed by atoms with Gasteiger partial charge in [-0.15, -0.1) is 0 Å². The molecule has 1 aliphatic rings. The Bertz CT molecular complexity index is 916. The Balaban J connectivity index is 1.66. The van der Waals surface area contributed by atoms with Crippen LogP contribution in [0.25, 0.3) is 0 Å². The first-order valence-corrected chi connectivity index (χ1v) is 11.7. The average Bonchev–Trinajstić information content (AvgIpc) is 3.26. The number of rotatable bonds is 9. The fraction of sp³-hybridized carbons (Fsp3) is 0.542. The van der Waals surface area contributed by atoms with Gasteiger partial charge in [0, 0.05) is 30.7 Å². The van der Waals surface area contributed by atoms with Gasteiger partial charge in [0.15, 0.2) is 5.69 Å². The van der Waals surface area contributed by atoms with Crippen molar-refractivity contribution in [2.75, 3.05) is 19.7 Å². The van der Waals surface area contributed by atoms with Crippen LogP contribution in [0, 0.1) is 5.92 Å². The molecule has 1 aromatic carbocycles. The van der Waals surface area contributed by atoms with E-state index in [0.29, 0.717) is 49.7 Å². The third kappa shape index (κ3) is 6.33. The summed E-state index contributed by atoms with van der Waals surface area (Å²) < 4.78 is 10.8. The molecule has 0 saturated carbocycles. The first-order valence-electron chi connectivity index (χ1n) is 11.3. The second-order valence-corrected chi connectivity index (χ2v) is 8.70. The van der Waals surface area contributed by atoms with Crippen molar-refractivity contribution in [2.24, 2.45) is 5.92 Å². The van der Waals surface area contributed by atoms with Gasteiger partial charge in [0.05, 0.1) is 19.1 Å². The highest BCUT2D eigenvalue weighted by Crippen LogP contribution is 2.21. The van der Waals surface area contributed by atoms with Crippen LogP contribution in [-0.4, -0.2) is 52.4 Å². The van der Waals surface area contributed by atoms with Crippen molar-refractivity contribution in [3.05, 3.63) is 52.7 Å². The molecule has 1 fully saturated rings. The van der Waals surface area contributed by atoms with Crippen molar-refractivity contribution in [3.63, 3.8) is 0 Å². The van der Waals surface area contributed by atoms with E-state index in [2.05, 4.69) is 23.7 Å². The largest absolute Gasteiger partial charge is 0.466 e. The number of carbonyl (C=O) groups excluding carboxylic acids is 2. The van der Waals surface area contributed by atoms with E-state index in [1.165, 1.54) is 6.26 Å². The summed E-state index contributed by atoms with van der Waals surface area (Å²) in [6.07, 6.45) is 3.89. The van der Waals surface area contributed by atoms with Crippen molar-refractivity contribution in [3.8, 4) is 0 Å². The lowest BCUT2D eigenvalue weighted by Gasteiger charge is -2.30. The van der Waals surface area contributed by atoms with Gasteiger partial charge in [0.1, 0.15) is 6.26 Å². The molecule has 1 aromatic heterocycles. The summed E-state index contributed by atoms with van der Waals surface area (Å²) in [5, 5.41) is 0.707. The second kappa shape index (κ2) is 11.5. The fourth-order valence-corrected chi connectivity index (χ4v) is 4.14. The van der Waals surface area contributed by atoms with E-state index in [-0.39, 0.29) is 23.5 Å². The Morgan fingerprint density at radius 3 is 2.88 bits per heavy atom. The summed E-state index contributed by atoms with van der Waals surface area (Å²) in [4.78, 5) is 33.4. The number of piperidine rings is 1. The number of hydrogen-bond acceptors (Lipinski definition) is 6. The van der Waals surface area contributed by atoms with Crippen LogP contribution in [0.2, 0.25) is 5.02 Å². The van der Waals surface area contributed by atoms with Crippen molar-refractivity contribution < 1.29 is 18.7 Å². The molecule has 0 N–H and O–H groups in total. The van der Waals surface area contributed by atoms with E-state index in [9.17, 15) is 9.59 Å². The quantitative estimate of drug-likeness (QED) is 0.510. The van der Waals surface area contributed by atoms with Crippen LogP contribution in [0.4, 0.5) is 0 Å². The first-order chi connectivity index (χ1) is 15.4. The molecular weight excluding hydrogens is 430 g/mol. The number of hydrogen-bond donors (Lipinski definition) is 0. The molecule has 2 heterocycles. The lowest BCUT2D eigenvalue weighted by atomic mass is 9.98. The van der Waals surface area contributed by atoms with Crippen LogP contribution in [0.3, 0.4) is 0 Å². The molecule has 32 heavy (non-hydrogen) atoms. The van der Waals surface area contributed by atoms with Gasteiger partial charge in [-0.25, -0.2) is 4.98 Å².